The number of anilines is 2. The molecule has 4 aromatic rings. The Labute approximate surface area is 225 Å². The highest BCUT2D eigenvalue weighted by Crippen LogP contribution is 2.48. The van der Waals surface area contributed by atoms with E-state index in [4.69, 9.17) is 0 Å². The summed E-state index contributed by atoms with van der Waals surface area (Å²) in [6.45, 7) is 3.83. The van der Waals surface area contributed by atoms with Gasteiger partial charge in [-0.15, -0.1) is 0 Å². The maximum Gasteiger partial charge on any atom is 0.416 e. The third-order valence-electron chi connectivity index (χ3n) is 8.00. The average Bonchev–Trinajstić information content (AvgIpc) is 3.66. The van der Waals surface area contributed by atoms with Gasteiger partial charge in [-0.3, -0.25) is 9.69 Å². The Balaban J connectivity index is 1.04. The molecule has 1 aliphatic carbocycles. The van der Waals surface area contributed by atoms with Crippen LogP contribution >= 0.6 is 0 Å². The standard InChI is InChI=1S/C31H31F3N4O/c32-31(33,34)23-7-4-8-25(17-23)38-15-13-37(14-16-38)12-11-22-20-35-29-10-9-24(18-27(22)29)36-30(39)28-19-26(28)21-5-2-1-3-6-21/h1-10,17-18,20,26,28,35H,11-16,19H2,(H,36,39)/t26-,28+/m0/s1. The molecule has 1 amide bonds. The van der Waals surface area contributed by atoms with Crippen molar-refractivity contribution in [2.75, 3.05) is 42.9 Å². The van der Waals surface area contributed by atoms with Gasteiger partial charge in [0.25, 0.3) is 0 Å². The van der Waals surface area contributed by atoms with Crippen LogP contribution in [0.1, 0.15) is 29.0 Å². The number of hydrogen-bond acceptors (Lipinski definition) is 3. The number of fused-ring (bicyclic) bond motifs is 1. The molecule has 2 N–H and O–H groups in total. The van der Waals surface area contributed by atoms with Crippen LogP contribution < -0.4 is 10.2 Å². The minimum atomic E-state index is -4.33. The minimum absolute atomic E-state index is 0.0170. The molecule has 1 saturated carbocycles. The maximum atomic E-state index is 13.1. The van der Waals surface area contributed by atoms with E-state index in [-0.39, 0.29) is 11.8 Å². The molecular weight excluding hydrogens is 501 g/mol. The SMILES string of the molecule is O=C(Nc1ccc2[nH]cc(CCN3CCN(c4cccc(C(F)(F)F)c4)CC3)c2c1)[C@@H]1C[C@H]1c1ccccc1. The lowest BCUT2D eigenvalue weighted by Crippen LogP contribution is -2.47. The summed E-state index contributed by atoms with van der Waals surface area (Å²) in [6.07, 6.45) is -0.571. The lowest BCUT2D eigenvalue weighted by molar-refractivity contribution is -0.137. The first-order chi connectivity index (χ1) is 18.8. The second-order valence-electron chi connectivity index (χ2n) is 10.5. The van der Waals surface area contributed by atoms with Crippen LogP contribution in [0.3, 0.4) is 0 Å². The van der Waals surface area contributed by atoms with Crippen molar-refractivity contribution in [1.29, 1.82) is 0 Å². The maximum absolute atomic E-state index is 13.1. The molecule has 1 saturated heterocycles. The highest BCUT2D eigenvalue weighted by Gasteiger charge is 2.43. The van der Waals surface area contributed by atoms with Gasteiger partial charge < -0.3 is 15.2 Å². The van der Waals surface area contributed by atoms with Crippen LogP contribution in [0.4, 0.5) is 24.5 Å². The first-order valence-corrected chi connectivity index (χ1v) is 13.5. The molecule has 0 radical (unpaired) electrons. The van der Waals surface area contributed by atoms with Gasteiger partial charge in [0, 0.05) is 67.1 Å². The van der Waals surface area contributed by atoms with E-state index in [1.807, 2.05) is 47.5 Å². The second kappa shape index (κ2) is 10.4. The fourth-order valence-electron chi connectivity index (χ4n) is 5.64. The molecule has 39 heavy (non-hydrogen) atoms. The Kier molecular flexibility index (Phi) is 6.81. The zero-order valence-electron chi connectivity index (χ0n) is 21.5. The van der Waals surface area contributed by atoms with Crippen LogP contribution in [0, 0.1) is 5.92 Å². The number of benzene rings is 3. The number of nitrogens with one attached hydrogen (secondary N) is 2. The van der Waals surface area contributed by atoms with E-state index in [1.54, 1.807) is 6.07 Å². The van der Waals surface area contributed by atoms with E-state index in [0.717, 1.165) is 55.1 Å². The third kappa shape index (κ3) is 5.66. The number of hydrogen-bond donors (Lipinski definition) is 2. The number of rotatable bonds is 7. The molecule has 0 bridgehead atoms. The van der Waals surface area contributed by atoms with E-state index in [9.17, 15) is 18.0 Å². The van der Waals surface area contributed by atoms with Gasteiger partial charge in [-0.25, -0.2) is 0 Å². The molecular formula is C31H31F3N4O. The van der Waals surface area contributed by atoms with E-state index < -0.39 is 11.7 Å². The van der Waals surface area contributed by atoms with Crippen LogP contribution in [0.25, 0.3) is 10.9 Å². The summed E-state index contributed by atoms with van der Waals surface area (Å²) in [5, 5.41) is 4.22. The molecule has 8 heteroatoms. The van der Waals surface area contributed by atoms with Crippen LogP contribution in [0.2, 0.25) is 0 Å². The Hall–Kier alpha value is -3.78. The van der Waals surface area contributed by atoms with Crippen LogP contribution in [-0.4, -0.2) is 48.5 Å². The van der Waals surface area contributed by atoms with E-state index in [1.165, 1.54) is 23.3 Å². The summed E-state index contributed by atoms with van der Waals surface area (Å²) in [6, 6.07) is 21.8. The number of alkyl halides is 3. The Bertz CT molecular complexity index is 1460. The van der Waals surface area contributed by atoms with Gasteiger partial charge >= 0.3 is 6.18 Å². The van der Waals surface area contributed by atoms with Gasteiger partial charge in [-0.2, -0.15) is 13.2 Å². The van der Waals surface area contributed by atoms with Crippen molar-refractivity contribution in [3.05, 3.63) is 95.7 Å². The highest BCUT2D eigenvalue weighted by atomic mass is 19.4. The smallest absolute Gasteiger partial charge is 0.369 e. The number of H-pyrrole nitrogens is 1. The van der Waals surface area contributed by atoms with Gasteiger partial charge in [-0.05, 0) is 66.3 Å². The summed E-state index contributed by atoms with van der Waals surface area (Å²) >= 11 is 0. The lowest BCUT2D eigenvalue weighted by atomic mass is 10.1. The largest absolute Gasteiger partial charge is 0.416 e. The van der Waals surface area contributed by atoms with Crippen molar-refractivity contribution in [3.8, 4) is 0 Å². The lowest BCUT2D eigenvalue weighted by Gasteiger charge is -2.36. The quantitative estimate of drug-likeness (QED) is 0.294. The van der Waals surface area contributed by atoms with Crippen molar-refractivity contribution >= 4 is 28.2 Å². The van der Waals surface area contributed by atoms with Crippen LogP contribution in [-0.2, 0) is 17.4 Å². The van der Waals surface area contributed by atoms with Crippen LogP contribution in [0.5, 0.6) is 0 Å². The monoisotopic (exact) mass is 532 g/mol. The highest BCUT2D eigenvalue weighted by molar-refractivity contribution is 5.97. The van der Waals surface area contributed by atoms with Crippen molar-refractivity contribution in [2.45, 2.75) is 24.9 Å². The molecule has 2 atom stereocenters. The van der Waals surface area contributed by atoms with E-state index in [2.05, 4.69) is 27.3 Å². The number of aromatic nitrogens is 1. The Morgan fingerprint density at radius 2 is 1.74 bits per heavy atom. The number of carbonyl (C=O) groups excluding carboxylic acids is 1. The Morgan fingerprint density at radius 1 is 0.949 bits per heavy atom. The molecule has 0 spiro atoms. The van der Waals surface area contributed by atoms with Gasteiger partial charge in [0.15, 0.2) is 0 Å². The third-order valence-corrected chi connectivity index (χ3v) is 8.00. The molecule has 3 aromatic carbocycles. The number of nitrogens with zero attached hydrogens (tertiary/aromatic N) is 2. The molecule has 2 fully saturated rings. The molecule has 0 unspecified atom stereocenters. The molecule has 1 aliphatic heterocycles. The molecule has 6 rings (SSSR count). The zero-order valence-corrected chi connectivity index (χ0v) is 21.5. The molecule has 2 aliphatic rings. The summed E-state index contributed by atoms with van der Waals surface area (Å²) in [4.78, 5) is 20.6. The second-order valence-corrected chi connectivity index (χ2v) is 10.5. The minimum Gasteiger partial charge on any atom is -0.369 e. The van der Waals surface area contributed by atoms with Crippen molar-refractivity contribution in [1.82, 2.24) is 9.88 Å². The summed E-state index contributed by atoms with van der Waals surface area (Å²) in [5.74, 6) is 0.383. The number of amides is 1. The Morgan fingerprint density at radius 3 is 2.51 bits per heavy atom. The van der Waals surface area contributed by atoms with Gasteiger partial charge in [0.1, 0.15) is 0 Å². The normalized spacial score (nSPS) is 19.8. The molecule has 202 valence electrons. The van der Waals surface area contributed by atoms with E-state index in [0.29, 0.717) is 24.7 Å². The summed E-state index contributed by atoms with van der Waals surface area (Å²) in [7, 11) is 0. The summed E-state index contributed by atoms with van der Waals surface area (Å²) < 4.78 is 39.3. The first kappa shape index (κ1) is 25.5. The van der Waals surface area contributed by atoms with Crippen LogP contribution in [0.15, 0.2) is 79.0 Å². The van der Waals surface area contributed by atoms with Gasteiger partial charge in [0.05, 0.1) is 5.56 Å². The average molecular weight is 533 g/mol. The fraction of sp³-hybridized carbons (Fsp3) is 0.323. The number of carbonyl (C=O) groups is 1. The van der Waals surface area contributed by atoms with Crippen molar-refractivity contribution in [2.24, 2.45) is 5.92 Å². The van der Waals surface area contributed by atoms with Gasteiger partial charge in [-0.1, -0.05) is 36.4 Å². The van der Waals surface area contributed by atoms with Crippen molar-refractivity contribution in [3.63, 3.8) is 0 Å². The molecule has 5 nitrogen and oxygen atoms in total. The van der Waals surface area contributed by atoms with E-state index >= 15 is 0 Å². The number of halogens is 3. The topological polar surface area (TPSA) is 51.4 Å². The predicted molar refractivity (Wildman–Crippen MR) is 148 cm³/mol. The molecule has 1 aromatic heterocycles. The number of piperazine rings is 1. The van der Waals surface area contributed by atoms with Gasteiger partial charge in [0.2, 0.25) is 5.91 Å². The van der Waals surface area contributed by atoms with Crippen molar-refractivity contribution < 1.29 is 18.0 Å². The number of aromatic amines is 1. The first-order valence-electron chi connectivity index (χ1n) is 13.5. The molecule has 2 heterocycles. The zero-order chi connectivity index (χ0) is 27.0. The predicted octanol–water partition coefficient (Wildman–Crippen LogP) is 6.29. The summed E-state index contributed by atoms with van der Waals surface area (Å²) in [5.41, 5.74) is 4.27. The fourth-order valence-corrected chi connectivity index (χ4v) is 5.64.